The Balaban J connectivity index is 1.56. The van der Waals surface area contributed by atoms with Gasteiger partial charge < -0.3 is 60.9 Å². The van der Waals surface area contributed by atoms with Crippen LogP contribution in [0.2, 0.25) is 0 Å². The average Bonchev–Trinajstić information content (AvgIpc) is 2.88. The maximum absolute atomic E-state index is 11.4. The van der Waals surface area contributed by atoms with E-state index in [-0.39, 0.29) is 13.2 Å². The zero-order valence-electron chi connectivity index (χ0n) is 21.2. The number of amides is 1. The van der Waals surface area contributed by atoms with Crippen molar-refractivity contribution >= 4 is 52.2 Å². The van der Waals surface area contributed by atoms with Gasteiger partial charge in [0.2, 0.25) is 5.91 Å². The first-order valence-corrected chi connectivity index (χ1v) is 12.7. The van der Waals surface area contributed by atoms with E-state index in [0.29, 0.717) is 48.2 Å². The van der Waals surface area contributed by atoms with Crippen LogP contribution in [0.3, 0.4) is 0 Å². The molecule has 16 heteroatoms. The van der Waals surface area contributed by atoms with Crippen molar-refractivity contribution in [3.05, 3.63) is 18.2 Å². The molecule has 214 valence electrons. The maximum Gasteiger partial charge on any atom is 0.217 e. The van der Waals surface area contributed by atoms with Crippen LogP contribution in [0, 0.1) is 0 Å². The molecule has 2 rings (SSSR count). The summed E-state index contributed by atoms with van der Waals surface area (Å²) in [6.45, 7) is 2.57. The summed E-state index contributed by atoms with van der Waals surface area (Å²) >= 11 is 10.3. The molecule has 0 aliphatic carbocycles. The van der Waals surface area contributed by atoms with Crippen LogP contribution in [-0.2, 0) is 23.7 Å². The minimum absolute atomic E-state index is 0.0920. The van der Waals surface area contributed by atoms with Gasteiger partial charge in [-0.2, -0.15) is 0 Å². The van der Waals surface area contributed by atoms with Crippen LogP contribution in [0.1, 0.15) is 6.92 Å². The second kappa shape index (κ2) is 17.3. The van der Waals surface area contributed by atoms with Gasteiger partial charge in [-0.25, -0.2) is 4.98 Å². The second-order valence-electron chi connectivity index (χ2n) is 8.02. The molecule has 38 heavy (non-hydrogen) atoms. The number of hydrogen-bond acceptors (Lipinski definition) is 11. The summed E-state index contributed by atoms with van der Waals surface area (Å²) in [6, 6.07) is 4.38. The van der Waals surface area contributed by atoms with E-state index in [9.17, 15) is 20.1 Å². The molecule has 1 aliphatic heterocycles. The molecule has 14 nitrogen and oxygen atoms in total. The maximum atomic E-state index is 11.4. The number of nitrogens with zero attached hydrogens (tertiary/aromatic N) is 1. The highest BCUT2D eigenvalue weighted by Gasteiger charge is 2.45. The lowest BCUT2D eigenvalue weighted by molar-refractivity contribution is -0.272. The van der Waals surface area contributed by atoms with Crippen molar-refractivity contribution in [2.45, 2.75) is 37.6 Å². The number of carbonyl (C=O) groups excluding carboxylic acids is 1. The Morgan fingerprint density at radius 1 is 1.03 bits per heavy atom. The number of ether oxygens (including phenoxy) is 4. The van der Waals surface area contributed by atoms with Gasteiger partial charge in [-0.3, -0.25) is 4.79 Å². The molecule has 1 amide bonds. The van der Waals surface area contributed by atoms with Crippen LogP contribution in [0.4, 0.5) is 11.6 Å². The van der Waals surface area contributed by atoms with Gasteiger partial charge in [0.25, 0.3) is 0 Å². The summed E-state index contributed by atoms with van der Waals surface area (Å²) in [4.78, 5) is 15.8. The number of rotatable bonds is 14. The minimum atomic E-state index is -1.36. The van der Waals surface area contributed by atoms with Crippen molar-refractivity contribution in [3.8, 4) is 0 Å². The Bertz CT molecular complexity index is 901. The summed E-state index contributed by atoms with van der Waals surface area (Å²) in [5.41, 5.74) is 0. The van der Waals surface area contributed by atoms with Crippen LogP contribution >= 0.6 is 24.4 Å². The highest BCUT2D eigenvalue weighted by Crippen LogP contribution is 2.22. The lowest BCUT2D eigenvalue weighted by Gasteiger charge is -2.42. The van der Waals surface area contributed by atoms with Crippen LogP contribution in [0.5, 0.6) is 0 Å². The number of anilines is 2. The molecule has 1 aromatic rings. The molecular weight excluding hydrogens is 540 g/mol. The molecule has 1 aromatic heterocycles. The van der Waals surface area contributed by atoms with E-state index in [0.717, 1.165) is 0 Å². The van der Waals surface area contributed by atoms with E-state index >= 15 is 0 Å². The molecule has 1 fully saturated rings. The number of aliphatic hydroxyl groups excluding tert-OH is 3. The average molecular weight is 577 g/mol. The first-order valence-electron chi connectivity index (χ1n) is 11.9. The second-order valence-corrected chi connectivity index (χ2v) is 8.84. The molecule has 1 saturated heterocycles. The predicted octanol–water partition coefficient (Wildman–Crippen LogP) is -1.72. The van der Waals surface area contributed by atoms with Gasteiger partial charge in [0.05, 0.1) is 39.6 Å². The number of thiocarbonyl (C=S) groups is 2. The Kier molecular flexibility index (Phi) is 14.6. The first-order chi connectivity index (χ1) is 18.2. The Morgan fingerprint density at radius 3 is 2.29 bits per heavy atom. The van der Waals surface area contributed by atoms with Crippen molar-refractivity contribution in [2.24, 2.45) is 0 Å². The number of aliphatic hydroxyl groups is 3. The highest BCUT2D eigenvalue weighted by molar-refractivity contribution is 7.80. The van der Waals surface area contributed by atoms with Crippen molar-refractivity contribution in [3.63, 3.8) is 0 Å². The van der Waals surface area contributed by atoms with E-state index < -0.39 is 43.2 Å². The van der Waals surface area contributed by atoms with Crippen molar-refractivity contribution in [1.29, 1.82) is 0 Å². The van der Waals surface area contributed by atoms with Crippen LogP contribution in [0.15, 0.2) is 18.2 Å². The molecule has 0 spiro atoms. The van der Waals surface area contributed by atoms with Gasteiger partial charge >= 0.3 is 0 Å². The van der Waals surface area contributed by atoms with Gasteiger partial charge in [0.15, 0.2) is 16.5 Å². The number of nitrogens with one attached hydrogen (secondary N) is 5. The lowest BCUT2D eigenvalue weighted by atomic mass is 9.97. The molecule has 2 heterocycles. The zero-order chi connectivity index (χ0) is 27.9. The fraction of sp³-hybridized carbons (Fsp3) is 0.636. The molecule has 0 aromatic carbocycles. The Morgan fingerprint density at radius 2 is 1.66 bits per heavy atom. The fourth-order valence-electron chi connectivity index (χ4n) is 3.31. The SMILES string of the molecule is CNC(=S)Nc1cccc(NC(=S)NCCOCCOCCO[C@@H]2OC(CO)[C@@H](O)C(O)C2NC(C)=O)n1. The molecule has 3 unspecified atom stereocenters. The minimum Gasteiger partial charge on any atom is -0.394 e. The summed E-state index contributed by atoms with van der Waals surface area (Å²) < 4.78 is 22.0. The Hall–Kier alpha value is -2.28. The van der Waals surface area contributed by atoms with Crippen molar-refractivity contribution < 1.29 is 39.1 Å². The predicted molar refractivity (Wildman–Crippen MR) is 147 cm³/mol. The third kappa shape index (κ3) is 11.2. The number of pyridine rings is 1. The monoisotopic (exact) mass is 576 g/mol. The van der Waals surface area contributed by atoms with Gasteiger partial charge in [-0.05, 0) is 36.6 Å². The van der Waals surface area contributed by atoms with Crippen LogP contribution < -0.4 is 26.6 Å². The molecule has 0 bridgehead atoms. The van der Waals surface area contributed by atoms with Crippen LogP contribution in [0.25, 0.3) is 0 Å². The molecule has 1 aliphatic rings. The normalized spacial score (nSPS) is 22.8. The van der Waals surface area contributed by atoms with Gasteiger partial charge in [0, 0.05) is 20.5 Å². The zero-order valence-corrected chi connectivity index (χ0v) is 22.8. The third-order valence-electron chi connectivity index (χ3n) is 5.12. The molecular formula is C22H36N6O8S2. The summed E-state index contributed by atoms with van der Waals surface area (Å²) in [6.07, 6.45) is -4.82. The standard InChI is InChI=1S/C22H36N6O8S2/c1-13(30)25-17-19(32)18(31)14(12-29)36-20(17)35-11-10-34-9-8-33-7-6-24-22(38)28-16-5-3-4-15(26-16)27-21(37)23-2/h3-5,14,17-20,29,31-32H,6-12H2,1-2H3,(H,25,30)(H4,23,24,26,27,28,37,38)/t14?,17?,18-,19?,20-/m1/s1. The molecule has 5 atom stereocenters. The van der Waals surface area contributed by atoms with E-state index in [1.54, 1.807) is 19.2 Å². The van der Waals surface area contributed by atoms with Gasteiger partial charge in [-0.15, -0.1) is 0 Å². The molecule has 8 N–H and O–H groups in total. The molecule has 0 saturated carbocycles. The fourth-order valence-corrected chi connectivity index (χ4v) is 3.62. The van der Waals surface area contributed by atoms with E-state index in [4.69, 9.17) is 43.4 Å². The van der Waals surface area contributed by atoms with E-state index in [2.05, 4.69) is 31.6 Å². The number of carbonyl (C=O) groups is 1. The third-order valence-corrected chi connectivity index (χ3v) is 5.68. The van der Waals surface area contributed by atoms with Crippen LogP contribution in [-0.4, -0.2) is 120 Å². The number of aromatic nitrogens is 1. The summed E-state index contributed by atoms with van der Waals surface area (Å²) in [5.74, 6) is 0.715. The van der Waals surface area contributed by atoms with Gasteiger partial charge in [-0.1, -0.05) is 6.07 Å². The van der Waals surface area contributed by atoms with Crippen molar-refractivity contribution in [1.82, 2.24) is 20.9 Å². The van der Waals surface area contributed by atoms with Gasteiger partial charge in [0.1, 0.15) is 36.0 Å². The van der Waals surface area contributed by atoms with Crippen molar-refractivity contribution in [2.75, 3.05) is 63.9 Å². The largest absolute Gasteiger partial charge is 0.394 e. The lowest BCUT2D eigenvalue weighted by Crippen LogP contribution is -2.64. The van der Waals surface area contributed by atoms with E-state index in [1.165, 1.54) is 6.92 Å². The quantitative estimate of drug-likeness (QED) is 0.0922. The molecule has 0 radical (unpaired) electrons. The summed E-state index contributed by atoms with van der Waals surface area (Å²) in [7, 11) is 1.71. The first kappa shape index (κ1) is 31.9. The smallest absolute Gasteiger partial charge is 0.217 e. The topological polar surface area (TPSA) is 188 Å². The Labute approximate surface area is 231 Å². The highest BCUT2D eigenvalue weighted by atomic mass is 32.1. The summed E-state index contributed by atoms with van der Waals surface area (Å²) in [5, 5.41) is 44.7. The number of hydrogen-bond donors (Lipinski definition) is 8. The van der Waals surface area contributed by atoms with E-state index in [1.807, 2.05) is 6.07 Å².